The molecule has 0 spiro atoms. The number of carbonyl (C=O) groups is 4. The Morgan fingerprint density at radius 3 is 2.58 bits per heavy atom. The number of hydrogen-bond donors (Lipinski definition) is 3. The second-order valence-corrected chi connectivity index (χ2v) is 9.41. The van der Waals surface area contributed by atoms with Gasteiger partial charge in [-0.3, -0.25) is 19.7 Å². The molecule has 38 heavy (non-hydrogen) atoms. The highest BCUT2D eigenvalue weighted by atomic mass is 16.2. The molecule has 5 rings (SSSR count). The van der Waals surface area contributed by atoms with Crippen LogP contribution in [0.2, 0.25) is 0 Å². The molecule has 3 N–H and O–H groups in total. The average molecular weight is 508 g/mol. The fourth-order valence-corrected chi connectivity index (χ4v) is 4.83. The molecule has 190 valence electrons. The van der Waals surface area contributed by atoms with Gasteiger partial charge in [0.15, 0.2) is 0 Å². The molecule has 0 aromatic heterocycles. The maximum Gasteiger partial charge on any atom is 0.319 e. The van der Waals surface area contributed by atoms with Gasteiger partial charge in [0.25, 0.3) is 5.91 Å². The lowest BCUT2D eigenvalue weighted by Crippen LogP contribution is -2.52. The van der Waals surface area contributed by atoms with E-state index in [1.165, 1.54) is 4.90 Å². The fourth-order valence-electron chi connectivity index (χ4n) is 4.83. The Labute approximate surface area is 219 Å². The number of rotatable bonds is 5. The van der Waals surface area contributed by atoms with E-state index in [2.05, 4.69) is 22.0 Å². The van der Waals surface area contributed by atoms with Crippen LogP contribution >= 0.6 is 0 Å². The molecule has 1 saturated heterocycles. The monoisotopic (exact) mass is 507 g/mol. The van der Waals surface area contributed by atoms with Crippen molar-refractivity contribution in [1.29, 1.82) is 5.26 Å². The molecule has 2 heterocycles. The van der Waals surface area contributed by atoms with Gasteiger partial charge in [0.05, 0.1) is 17.7 Å². The van der Waals surface area contributed by atoms with Crippen LogP contribution in [0.1, 0.15) is 52.9 Å². The van der Waals surface area contributed by atoms with Crippen LogP contribution in [-0.4, -0.2) is 34.7 Å². The van der Waals surface area contributed by atoms with Crippen LogP contribution in [0.5, 0.6) is 0 Å². The number of nitrogens with zero attached hydrogens (tertiary/aromatic N) is 2. The number of carbonyl (C=O) groups excluding carboxylic acids is 4. The SMILES string of the molecule is CC(NC(=O)Nc1ccc2c(c1)CN(C1CCC(=O)NC1=O)C2=O)c1ccc(-c2cccc(C#N)c2)cc1. The van der Waals surface area contributed by atoms with E-state index in [0.29, 0.717) is 28.8 Å². The highest BCUT2D eigenvalue weighted by molar-refractivity contribution is 6.05. The van der Waals surface area contributed by atoms with Crippen molar-refractivity contribution < 1.29 is 19.2 Å². The predicted molar refractivity (Wildman–Crippen MR) is 140 cm³/mol. The van der Waals surface area contributed by atoms with Gasteiger partial charge >= 0.3 is 6.03 Å². The highest BCUT2D eigenvalue weighted by Gasteiger charge is 2.39. The van der Waals surface area contributed by atoms with E-state index in [4.69, 9.17) is 5.26 Å². The molecule has 0 aliphatic carbocycles. The zero-order chi connectivity index (χ0) is 26.8. The van der Waals surface area contributed by atoms with Gasteiger partial charge in [-0.1, -0.05) is 36.4 Å². The number of nitriles is 1. The Bertz CT molecular complexity index is 1490. The van der Waals surface area contributed by atoms with Crippen LogP contribution < -0.4 is 16.0 Å². The lowest BCUT2D eigenvalue weighted by Gasteiger charge is -2.29. The third-order valence-corrected chi connectivity index (χ3v) is 6.86. The number of amides is 5. The number of fused-ring (bicyclic) bond motifs is 1. The minimum atomic E-state index is -0.685. The molecule has 0 saturated carbocycles. The van der Waals surface area contributed by atoms with Gasteiger partial charge in [0.2, 0.25) is 11.8 Å². The quantitative estimate of drug-likeness (QED) is 0.451. The summed E-state index contributed by atoms with van der Waals surface area (Å²) in [6, 6.07) is 21.0. The molecule has 2 aliphatic heterocycles. The molecular weight excluding hydrogens is 482 g/mol. The van der Waals surface area contributed by atoms with E-state index >= 15 is 0 Å². The molecule has 9 nitrogen and oxygen atoms in total. The smallest absolute Gasteiger partial charge is 0.319 e. The normalized spacial score (nSPS) is 17.3. The first-order chi connectivity index (χ1) is 18.3. The summed E-state index contributed by atoms with van der Waals surface area (Å²) in [5.41, 5.74) is 5.15. The summed E-state index contributed by atoms with van der Waals surface area (Å²) < 4.78 is 0. The predicted octanol–water partition coefficient (Wildman–Crippen LogP) is 3.87. The van der Waals surface area contributed by atoms with Crippen LogP contribution in [0, 0.1) is 11.3 Å². The Balaban J connectivity index is 1.21. The van der Waals surface area contributed by atoms with E-state index in [1.807, 2.05) is 49.4 Å². The lowest BCUT2D eigenvalue weighted by atomic mass is 10.00. The third-order valence-electron chi connectivity index (χ3n) is 6.86. The van der Waals surface area contributed by atoms with Gasteiger partial charge in [-0.2, -0.15) is 5.26 Å². The molecule has 5 amide bonds. The zero-order valence-corrected chi connectivity index (χ0v) is 20.7. The first-order valence-electron chi connectivity index (χ1n) is 12.3. The molecule has 3 aromatic rings. The van der Waals surface area contributed by atoms with Crippen molar-refractivity contribution in [3.05, 3.63) is 89.0 Å². The van der Waals surface area contributed by atoms with Gasteiger partial charge in [0.1, 0.15) is 6.04 Å². The number of benzene rings is 3. The summed E-state index contributed by atoms with van der Waals surface area (Å²) in [6.45, 7) is 2.11. The lowest BCUT2D eigenvalue weighted by molar-refractivity contribution is -0.136. The van der Waals surface area contributed by atoms with Crippen molar-refractivity contribution in [2.45, 2.75) is 38.4 Å². The number of hydrogen-bond acceptors (Lipinski definition) is 5. The minimum absolute atomic E-state index is 0.193. The molecular formula is C29H25N5O4. The second kappa shape index (κ2) is 10.2. The van der Waals surface area contributed by atoms with Crippen molar-refractivity contribution in [3.8, 4) is 17.2 Å². The van der Waals surface area contributed by atoms with Crippen molar-refractivity contribution >= 4 is 29.4 Å². The number of nitrogens with one attached hydrogen (secondary N) is 3. The first-order valence-corrected chi connectivity index (χ1v) is 12.3. The Kier molecular flexibility index (Phi) is 6.62. The zero-order valence-electron chi connectivity index (χ0n) is 20.7. The van der Waals surface area contributed by atoms with Crippen LogP contribution in [-0.2, 0) is 16.1 Å². The van der Waals surface area contributed by atoms with Crippen LogP contribution in [0.4, 0.5) is 10.5 Å². The maximum atomic E-state index is 12.9. The van der Waals surface area contributed by atoms with Crippen molar-refractivity contribution in [2.75, 3.05) is 5.32 Å². The van der Waals surface area contributed by atoms with Gasteiger partial charge in [-0.25, -0.2) is 4.79 Å². The standard InChI is InChI=1S/C29H25N5O4/c1-17(19-5-7-20(8-6-19)21-4-2-3-18(13-21)15-30)31-29(38)32-23-9-10-24-22(14-23)16-34(28(24)37)25-11-12-26(35)33-27(25)36/h2-10,13-14,17,25H,11-12,16H2,1H3,(H2,31,32,38)(H,33,35,36). The van der Waals surface area contributed by atoms with Gasteiger partial charge in [0, 0.05) is 24.2 Å². The molecule has 2 aliphatic rings. The molecule has 9 heteroatoms. The largest absolute Gasteiger partial charge is 0.331 e. The number of piperidine rings is 1. The summed E-state index contributed by atoms with van der Waals surface area (Å²) in [7, 11) is 0. The summed E-state index contributed by atoms with van der Waals surface area (Å²) >= 11 is 0. The van der Waals surface area contributed by atoms with Gasteiger partial charge in [-0.15, -0.1) is 0 Å². The summed E-state index contributed by atoms with van der Waals surface area (Å²) in [4.78, 5) is 50.7. The Morgan fingerprint density at radius 1 is 1.05 bits per heavy atom. The average Bonchev–Trinajstić information content (AvgIpc) is 3.23. The first kappa shape index (κ1) is 24.7. The topological polar surface area (TPSA) is 131 Å². The number of imide groups is 1. The fraction of sp³-hybridized carbons (Fsp3) is 0.207. The van der Waals surface area contributed by atoms with E-state index in [-0.39, 0.29) is 30.8 Å². The Morgan fingerprint density at radius 2 is 1.84 bits per heavy atom. The number of urea groups is 1. The number of anilines is 1. The minimum Gasteiger partial charge on any atom is -0.331 e. The molecule has 3 aromatic carbocycles. The second-order valence-electron chi connectivity index (χ2n) is 9.41. The molecule has 0 bridgehead atoms. The summed E-state index contributed by atoms with van der Waals surface area (Å²) in [5, 5.41) is 17.1. The van der Waals surface area contributed by atoms with Crippen molar-refractivity contribution in [1.82, 2.24) is 15.5 Å². The molecule has 1 fully saturated rings. The maximum absolute atomic E-state index is 12.9. The molecule has 2 unspecified atom stereocenters. The van der Waals surface area contributed by atoms with E-state index in [1.54, 1.807) is 24.3 Å². The Hall–Kier alpha value is -4.97. The molecule has 0 radical (unpaired) electrons. The van der Waals surface area contributed by atoms with Crippen LogP contribution in [0.15, 0.2) is 66.7 Å². The van der Waals surface area contributed by atoms with E-state index in [9.17, 15) is 19.2 Å². The van der Waals surface area contributed by atoms with Gasteiger partial charge in [-0.05, 0) is 65.9 Å². The summed E-state index contributed by atoms with van der Waals surface area (Å²) in [6.07, 6.45) is 0.488. The van der Waals surface area contributed by atoms with E-state index < -0.39 is 18.0 Å². The van der Waals surface area contributed by atoms with Crippen LogP contribution in [0.3, 0.4) is 0 Å². The van der Waals surface area contributed by atoms with Gasteiger partial charge < -0.3 is 15.5 Å². The van der Waals surface area contributed by atoms with E-state index in [0.717, 1.165) is 16.7 Å². The van der Waals surface area contributed by atoms with Crippen molar-refractivity contribution in [2.24, 2.45) is 0 Å². The van der Waals surface area contributed by atoms with Crippen LogP contribution in [0.25, 0.3) is 11.1 Å². The summed E-state index contributed by atoms with van der Waals surface area (Å²) in [5.74, 6) is -1.05. The van der Waals surface area contributed by atoms with Crippen molar-refractivity contribution in [3.63, 3.8) is 0 Å². The highest BCUT2D eigenvalue weighted by Crippen LogP contribution is 2.29. The third kappa shape index (κ3) is 4.97. The molecule has 2 atom stereocenters.